The van der Waals surface area contributed by atoms with Gasteiger partial charge in [-0.1, -0.05) is 36.4 Å². The number of nitrogens with zero attached hydrogens (tertiary/aromatic N) is 2. The summed E-state index contributed by atoms with van der Waals surface area (Å²) in [4.78, 5) is 43.9. The standard InChI is InChI=1S/C31H26F2N4O3/c32-22-6-3-5-19(14-22)13-21(15-23(38)17-37-18-29(39)36-27-8-1-2-9-28(27)37)30-24(7-4-12-35-30)20-10-11-26(33)25(16-20)31(34)40/h1-12,14,16,21H,13,15,17-18H2,(H2,34,40)(H,36,39)/t21-/m1/s1. The lowest BCUT2D eigenvalue weighted by Crippen LogP contribution is -2.41. The molecule has 9 heteroatoms. The van der Waals surface area contributed by atoms with Crippen molar-refractivity contribution in [3.05, 3.63) is 114 Å². The van der Waals surface area contributed by atoms with Crippen molar-refractivity contribution in [3.63, 3.8) is 0 Å². The molecule has 3 aromatic carbocycles. The number of amides is 2. The number of pyridine rings is 1. The summed E-state index contributed by atoms with van der Waals surface area (Å²) in [5, 5.41) is 2.81. The number of rotatable bonds is 9. The minimum atomic E-state index is -0.901. The second kappa shape index (κ2) is 11.4. The largest absolute Gasteiger partial charge is 0.366 e. The summed E-state index contributed by atoms with van der Waals surface area (Å²) in [6.45, 7) is 0.0340. The Hall–Kier alpha value is -4.92. The fourth-order valence-electron chi connectivity index (χ4n) is 5.08. The van der Waals surface area contributed by atoms with E-state index in [1.165, 1.54) is 24.3 Å². The van der Waals surface area contributed by atoms with Crippen molar-refractivity contribution in [1.29, 1.82) is 0 Å². The van der Waals surface area contributed by atoms with Crippen LogP contribution in [0.15, 0.2) is 85.1 Å². The number of para-hydroxylation sites is 2. The van der Waals surface area contributed by atoms with Crippen LogP contribution in [0.2, 0.25) is 0 Å². The molecular weight excluding hydrogens is 514 g/mol. The van der Waals surface area contributed by atoms with E-state index in [1.807, 2.05) is 12.1 Å². The number of primary amides is 1. The molecule has 4 aromatic rings. The predicted octanol–water partition coefficient (Wildman–Crippen LogP) is 4.87. The third-order valence-corrected chi connectivity index (χ3v) is 6.83. The van der Waals surface area contributed by atoms with E-state index in [0.29, 0.717) is 34.5 Å². The first kappa shape index (κ1) is 26.7. The van der Waals surface area contributed by atoms with Crippen LogP contribution >= 0.6 is 0 Å². The third-order valence-electron chi connectivity index (χ3n) is 6.83. The second-order valence-electron chi connectivity index (χ2n) is 9.69. The molecule has 40 heavy (non-hydrogen) atoms. The maximum Gasteiger partial charge on any atom is 0.251 e. The average Bonchev–Trinajstić information content (AvgIpc) is 2.93. The minimum Gasteiger partial charge on any atom is -0.366 e. The first-order chi connectivity index (χ1) is 19.3. The first-order valence-electron chi connectivity index (χ1n) is 12.7. The summed E-state index contributed by atoms with van der Waals surface area (Å²) in [6, 6.07) is 20.9. The molecule has 0 radical (unpaired) electrons. The zero-order valence-corrected chi connectivity index (χ0v) is 21.4. The summed E-state index contributed by atoms with van der Waals surface area (Å²) < 4.78 is 28.3. The van der Waals surface area contributed by atoms with E-state index >= 15 is 0 Å². The van der Waals surface area contributed by atoms with Crippen molar-refractivity contribution in [3.8, 4) is 11.1 Å². The van der Waals surface area contributed by atoms with Crippen molar-refractivity contribution in [2.75, 3.05) is 23.3 Å². The number of anilines is 2. The average molecular weight is 541 g/mol. The molecule has 1 aromatic heterocycles. The van der Waals surface area contributed by atoms with E-state index in [1.54, 1.807) is 47.5 Å². The number of nitrogens with one attached hydrogen (secondary N) is 1. The molecule has 0 aliphatic carbocycles. The first-order valence-corrected chi connectivity index (χ1v) is 12.7. The Morgan fingerprint density at radius 2 is 1.82 bits per heavy atom. The lowest BCUT2D eigenvalue weighted by atomic mass is 9.86. The smallest absolute Gasteiger partial charge is 0.251 e. The topological polar surface area (TPSA) is 105 Å². The van der Waals surface area contributed by atoms with Gasteiger partial charge in [0.2, 0.25) is 5.91 Å². The van der Waals surface area contributed by atoms with Crippen molar-refractivity contribution in [1.82, 2.24) is 4.98 Å². The van der Waals surface area contributed by atoms with Crippen LogP contribution in [-0.4, -0.2) is 35.7 Å². The molecule has 1 aliphatic heterocycles. The number of hydrogen-bond donors (Lipinski definition) is 2. The fraction of sp³-hybridized carbons (Fsp3) is 0.161. The molecule has 2 heterocycles. The molecule has 1 atom stereocenters. The zero-order chi connectivity index (χ0) is 28.2. The molecule has 7 nitrogen and oxygen atoms in total. The van der Waals surface area contributed by atoms with E-state index in [0.717, 1.165) is 11.8 Å². The zero-order valence-electron chi connectivity index (χ0n) is 21.4. The molecule has 0 unspecified atom stereocenters. The van der Waals surface area contributed by atoms with Crippen molar-refractivity contribution in [2.24, 2.45) is 5.73 Å². The van der Waals surface area contributed by atoms with Crippen LogP contribution in [0.3, 0.4) is 0 Å². The Balaban J connectivity index is 1.49. The maximum atomic E-state index is 14.2. The summed E-state index contributed by atoms with van der Waals surface area (Å²) in [7, 11) is 0. The summed E-state index contributed by atoms with van der Waals surface area (Å²) in [5.74, 6) is -2.87. The molecular formula is C31H26F2N4O3. The van der Waals surface area contributed by atoms with Crippen LogP contribution in [0.25, 0.3) is 11.1 Å². The van der Waals surface area contributed by atoms with Gasteiger partial charge in [-0.05, 0) is 60.0 Å². The molecule has 1 aliphatic rings. The highest BCUT2D eigenvalue weighted by Gasteiger charge is 2.27. The van der Waals surface area contributed by atoms with Gasteiger partial charge in [0, 0.05) is 24.1 Å². The SMILES string of the molecule is NC(=O)c1cc(-c2cccnc2[C@@H](CC(=O)CN2CC(=O)Nc3ccccc32)Cc2cccc(F)c2)ccc1F. The maximum absolute atomic E-state index is 14.2. The lowest BCUT2D eigenvalue weighted by Gasteiger charge is -2.30. The van der Waals surface area contributed by atoms with E-state index in [9.17, 15) is 23.2 Å². The van der Waals surface area contributed by atoms with E-state index in [4.69, 9.17) is 5.73 Å². The van der Waals surface area contributed by atoms with Gasteiger partial charge < -0.3 is 16.0 Å². The lowest BCUT2D eigenvalue weighted by molar-refractivity contribution is -0.118. The summed E-state index contributed by atoms with van der Waals surface area (Å²) in [6.07, 6.45) is 1.94. The minimum absolute atomic E-state index is 0.00533. The normalized spacial score (nSPS) is 13.3. The second-order valence-corrected chi connectivity index (χ2v) is 9.69. The van der Waals surface area contributed by atoms with Crippen LogP contribution < -0.4 is 16.0 Å². The molecule has 202 valence electrons. The van der Waals surface area contributed by atoms with Crippen molar-refractivity contribution in [2.45, 2.75) is 18.8 Å². The van der Waals surface area contributed by atoms with E-state index in [2.05, 4.69) is 10.3 Å². The number of ketones is 1. The van der Waals surface area contributed by atoms with Crippen LogP contribution in [0.1, 0.15) is 34.0 Å². The number of nitrogens with two attached hydrogens (primary N) is 1. The monoisotopic (exact) mass is 540 g/mol. The van der Waals surface area contributed by atoms with E-state index in [-0.39, 0.29) is 36.8 Å². The molecule has 2 amide bonds. The fourth-order valence-corrected chi connectivity index (χ4v) is 5.08. The van der Waals surface area contributed by atoms with Crippen LogP contribution in [0, 0.1) is 11.6 Å². The number of Topliss-reactive ketones (excluding diaryl/α,β-unsaturated/α-hetero) is 1. The van der Waals surface area contributed by atoms with Gasteiger partial charge in [0.05, 0.1) is 35.7 Å². The van der Waals surface area contributed by atoms with Crippen LogP contribution in [0.4, 0.5) is 20.2 Å². The molecule has 5 rings (SSSR count). The number of carbonyl (C=O) groups excluding carboxylic acids is 3. The van der Waals surface area contributed by atoms with Gasteiger partial charge in [0.15, 0.2) is 5.78 Å². The number of hydrogen-bond acceptors (Lipinski definition) is 5. The van der Waals surface area contributed by atoms with Gasteiger partial charge in [-0.2, -0.15) is 0 Å². The van der Waals surface area contributed by atoms with Gasteiger partial charge in [0.25, 0.3) is 5.91 Å². The van der Waals surface area contributed by atoms with Crippen molar-refractivity contribution >= 4 is 29.0 Å². The van der Waals surface area contributed by atoms with Crippen LogP contribution in [-0.2, 0) is 16.0 Å². The Morgan fingerprint density at radius 1 is 1.00 bits per heavy atom. The van der Waals surface area contributed by atoms with Gasteiger partial charge in [-0.25, -0.2) is 8.78 Å². The highest BCUT2D eigenvalue weighted by atomic mass is 19.1. The predicted molar refractivity (Wildman–Crippen MR) is 148 cm³/mol. The quantitative estimate of drug-likeness (QED) is 0.315. The van der Waals surface area contributed by atoms with Crippen molar-refractivity contribution < 1.29 is 23.2 Å². The Kier molecular flexibility index (Phi) is 7.63. The number of benzene rings is 3. The number of halogens is 2. The Morgan fingerprint density at radius 3 is 2.62 bits per heavy atom. The summed E-state index contributed by atoms with van der Waals surface area (Å²) in [5.41, 5.74) is 8.82. The van der Waals surface area contributed by atoms with Gasteiger partial charge in [-0.15, -0.1) is 0 Å². The molecule has 0 bridgehead atoms. The van der Waals surface area contributed by atoms with Crippen LogP contribution in [0.5, 0.6) is 0 Å². The molecule has 3 N–H and O–H groups in total. The number of aromatic nitrogens is 1. The molecule has 0 fully saturated rings. The highest BCUT2D eigenvalue weighted by molar-refractivity contribution is 6.02. The van der Waals surface area contributed by atoms with E-state index < -0.39 is 23.5 Å². The van der Waals surface area contributed by atoms with Gasteiger partial charge >= 0.3 is 0 Å². The van der Waals surface area contributed by atoms with Gasteiger partial charge in [0.1, 0.15) is 11.6 Å². The number of fused-ring (bicyclic) bond motifs is 1. The highest BCUT2D eigenvalue weighted by Crippen LogP contribution is 2.34. The van der Waals surface area contributed by atoms with Gasteiger partial charge in [-0.3, -0.25) is 19.4 Å². The molecule has 0 saturated heterocycles. The Labute approximate surface area is 229 Å². The Bertz CT molecular complexity index is 1610. The molecule has 0 spiro atoms. The third kappa shape index (κ3) is 5.88. The summed E-state index contributed by atoms with van der Waals surface area (Å²) >= 11 is 0. The number of carbonyl (C=O) groups is 3. The molecule has 0 saturated carbocycles.